The van der Waals surface area contributed by atoms with Crippen LogP contribution in [-0.4, -0.2) is 18.8 Å². The molecule has 0 N–H and O–H groups in total. The zero-order chi connectivity index (χ0) is 16.1. The van der Waals surface area contributed by atoms with Crippen molar-refractivity contribution in [3.63, 3.8) is 0 Å². The largest absolute Gasteiger partial charge is 0.493 e. The second kappa shape index (κ2) is 6.89. The molecule has 0 radical (unpaired) electrons. The quantitative estimate of drug-likeness (QED) is 0.367. The molecule has 2 rings (SSSR count). The monoisotopic (exact) mass is 303 g/mol. The number of carbonyl (C=O) groups is 1. The molecule has 0 bridgehead atoms. The maximum absolute atomic E-state index is 12.2. The van der Waals surface area contributed by atoms with Crippen molar-refractivity contribution in [1.29, 1.82) is 0 Å². The van der Waals surface area contributed by atoms with Crippen LogP contribution in [0.2, 0.25) is 0 Å². The molecule has 0 saturated carbocycles. The molecular weight excluding hydrogens is 286 g/mol. The third-order valence-corrected chi connectivity index (χ3v) is 3.03. The fourth-order valence-electron chi connectivity index (χ4n) is 2.07. The van der Waals surface area contributed by atoms with Crippen LogP contribution in [0.25, 0.3) is 11.0 Å². The lowest BCUT2D eigenvalue weighted by atomic mass is 10.1. The minimum atomic E-state index is -0.545. The van der Waals surface area contributed by atoms with E-state index in [2.05, 4.69) is 9.99 Å². The molecule has 0 aliphatic carbocycles. The van der Waals surface area contributed by atoms with E-state index in [4.69, 9.17) is 9.15 Å². The smallest absolute Gasteiger partial charge is 0.345 e. The summed E-state index contributed by atoms with van der Waals surface area (Å²) in [4.78, 5) is 27.8. The molecule has 0 amide bonds. The van der Waals surface area contributed by atoms with E-state index in [9.17, 15) is 9.59 Å². The number of ether oxygens (including phenoxy) is 1. The number of rotatable bonds is 5. The summed E-state index contributed by atoms with van der Waals surface area (Å²) in [5.74, 6) is -0.0597. The van der Waals surface area contributed by atoms with Gasteiger partial charge in [-0.15, -0.1) is 0 Å². The number of carbonyl (C=O) groups excluding carboxylic acids is 1. The number of methoxy groups -OCH3 is 1. The van der Waals surface area contributed by atoms with Crippen molar-refractivity contribution in [2.45, 2.75) is 26.7 Å². The van der Waals surface area contributed by atoms with Crippen LogP contribution in [0.1, 0.15) is 32.3 Å². The highest BCUT2D eigenvalue weighted by atomic mass is 16.7. The Morgan fingerprint density at radius 3 is 2.77 bits per heavy atom. The highest BCUT2D eigenvalue weighted by Gasteiger charge is 2.14. The molecule has 22 heavy (non-hydrogen) atoms. The van der Waals surface area contributed by atoms with Gasteiger partial charge in [-0.1, -0.05) is 30.6 Å². The number of nitrogens with zero attached hydrogens (tertiary/aromatic N) is 1. The van der Waals surface area contributed by atoms with Gasteiger partial charge >= 0.3 is 11.6 Å². The van der Waals surface area contributed by atoms with Crippen LogP contribution in [0.3, 0.4) is 0 Å². The standard InChI is InChI=1S/C16H17NO5/c1-4-6-13(17-22-10(2)18)12-9-11-7-5-8-14(20-3)15(11)21-16(12)19/h5,7-9H,4,6H2,1-3H3. The van der Waals surface area contributed by atoms with E-state index in [0.29, 0.717) is 28.9 Å². The lowest BCUT2D eigenvalue weighted by molar-refractivity contribution is -0.140. The minimum Gasteiger partial charge on any atom is -0.493 e. The second-order valence-electron chi connectivity index (χ2n) is 4.70. The van der Waals surface area contributed by atoms with Crippen molar-refractivity contribution < 1.29 is 18.8 Å². The lowest BCUT2D eigenvalue weighted by Crippen LogP contribution is -2.15. The predicted octanol–water partition coefficient (Wildman–Crippen LogP) is 2.87. The van der Waals surface area contributed by atoms with Crippen molar-refractivity contribution in [3.05, 3.63) is 40.2 Å². The first-order valence-electron chi connectivity index (χ1n) is 6.92. The highest BCUT2D eigenvalue weighted by molar-refractivity contribution is 6.02. The fraction of sp³-hybridized carbons (Fsp3) is 0.312. The molecule has 1 heterocycles. The van der Waals surface area contributed by atoms with Crippen LogP contribution in [0.15, 0.2) is 38.6 Å². The van der Waals surface area contributed by atoms with Crippen molar-refractivity contribution >= 4 is 22.7 Å². The molecule has 0 aliphatic heterocycles. The van der Waals surface area contributed by atoms with Gasteiger partial charge in [0.2, 0.25) is 0 Å². The molecule has 0 fully saturated rings. The molecule has 116 valence electrons. The van der Waals surface area contributed by atoms with E-state index < -0.39 is 11.6 Å². The van der Waals surface area contributed by atoms with Gasteiger partial charge < -0.3 is 14.0 Å². The van der Waals surface area contributed by atoms with E-state index in [1.54, 1.807) is 24.3 Å². The van der Waals surface area contributed by atoms with Crippen molar-refractivity contribution in [2.75, 3.05) is 7.11 Å². The summed E-state index contributed by atoms with van der Waals surface area (Å²) in [6, 6.07) is 6.99. The molecule has 0 spiro atoms. The molecule has 0 aliphatic rings. The first-order chi connectivity index (χ1) is 10.6. The zero-order valence-corrected chi connectivity index (χ0v) is 12.7. The maximum atomic E-state index is 12.2. The van der Waals surface area contributed by atoms with Crippen LogP contribution in [-0.2, 0) is 9.63 Å². The Kier molecular flexibility index (Phi) is 4.93. The Morgan fingerprint density at radius 1 is 1.36 bits per heavy atom. The fourth-order valence-corrected chi connectivity index (χ4v) is 2.07. The summed E-state index contributed by atoms with van der Waals surface area (Å²) in [5.41, 5.74) is 0.499. The predicted molar refractivity (Wildman–Crippen MR) is 82.2 cm³/mol. The van der Waals surface area contributed by atoms with Gasteiger partial charge in [0, 0.05) is 12.3 Å². The van der Waals surface area contributed by atoms with Crippen molar-refractivity contribution in [2.24, 2.45) is 5.16 Å². The summed E-state index contributed by atoms with van der Waals surface area (Å²) in [5, 5.41) is 4.48. The van der Waals surface area contributed by atoms with Crippen molar-refractivity contribution in [3.8, 4) is 5.75 Å². The van der Waals surface area contributed by atoms with E-state index in [0.717, 1.165) is 6.42 Å². The van der Waals surface area contributed by atoms with Gasteiger partial charge in [-0.2, -0.15) is 0 Å². The van der Waals surface area contributed by atoms with Crippen molar-refractivity contribution in [1.82, 2.24) is 0 Å². The van der Waals surface area contributed by atoms with Crippen LogP contribution in [0.4, 0.5) is 0 Å². The third-order valence-electron chi connectivity index (χ3n) is 3.03. The molecule has 2 aromatic rings. The minimum absolute atomic E-state index is 0.281. The Labute approximate surface area is 127 Å². The highest BCUT2D eigenvalue weighted by Crippen LogP contribution is 2.24. The first kappa shape index (κ1) is 15.8. The first-order valence-corrected chi connectivity index (χ1v) is 6.92. The average molecular weight is 303 g/mol. The molecule has 6 nitrogen and oxygen atoms in total. The van der Waals surface area contributed by atoms with Gasteiger partial charge in [0.25, 0.3) is 0 Å². The number of fused-ring (bicyclic) bond motifs is 1. The molecule has 0 saturated heterocycles. The molecule has 6 heteroatoms. The van der Waals surface area contributed by atoms with E-state index >= 15 is 0 Å². The summed E-state index contributed by atoms with van der Waals surface area (Å²) in [7, 11) is 1.51. The second-order valence-corrected chi connectivity index (χ2v) is 4.70. The average Bonchev–Trinajstić information content (AvgIpc) is 2.50. The van der Waals surface area contributed by atoms with E-state index in [1.165, 1.54) is 14.0 Å². The number of hydrogen-bond donors (Lipinski definition) is 0. The van der Waals surface area contributed by atoms with E-state index in [-0.39, 0.29) is 5.56 Å². The number of benzene rings is 1. The Hall–Kier alpha value is -2.63. The van der Waals surface area contributed by atoms with Crippen LogP contribution >= 0.6 is 0 Å². The van der Waals surface area contributed by atoms with Crippen LogP contribution < -0.4 is 10.4 Å². The Balaban J connectivity index is 2.58. The zero-order valence-electron chi connectivity index (χ0n) is 12.7. The maximum Gasteiger partial charge on any atom is 0.345 e. The molecule has 1 aromatic carbocycles. The lowest BCUT2D eigenvalue weighted by Gasteiger charge is -2.07. The number of hydrogen-bond acceptors (Lipinski definition) is 6. The molecule has 1 aromatic heterocycles. The summed E-state index contributed by atoms with van der Waals surface area (Å²) in [6.07, 6.45) is 1.24. The Bertz CT molecular complexity index is 776. The van der Waals surface area contributed by atoms with Gasteiger partial charge in [-0.05, 0) is 18.6 Å². The van der Waals surface area contributed by atoms with Gasteiger partial charge in [-0.3, -0.25) is 0 Å². The van der Waals surface area contributed by atoms with Gasteiger partial charge in [0.1, 0.15) is 0 Å². The van der Waals surface area contributed by atoms with E-state index in [1.807, 2.05) is 6.92 Å². The molecular formula is C16H17NO5. The molecule has 0 unspecified atom stereocenters. The summed E-state index contributed by atoms with van der Waals surface area (Å²) in [6.45, 7) is 3.19. The van der Waals surface area contributed by atoms with Gasteiger partial charge in [0.15, 0.2) is 11.3 Å². The normalized spacial score (nSPS) is 11.5. The summed E-state index contributed by atoms with van der Waals surface area (Å²) >= 11 is 0. The van der Waals surface area contributed by atoms with Gasteiger partial charge in [0.05, 0.1) is 18.4 Å². The SMILES string of the molecule is CCCC(=NOC(C)=O)c1cc2cccc(OC)c2oc1=O. The van der Waals surface area contributed by atoms with Crippen LogP contribution in [0.5, 0.6) is 5.75 Å². The number of para-hydroxylation sites is 1. The number of oxime groups is 1. The van der Waals surface area contributed by atoms with Gasteiger partial charge in [-0.25, -0.2) is 9.59 Å². The topological polar surface area (TPSA) is 78.1 Å². The van der Waals surface area contributed by atoms with Crippen LogP contribution in [0, 0.1) is 0 Å². The third kappa shape index (κ3) is 3.33. The Morgan fingerprint density at radius 2 is 2.14 bits per heavy atom. The molecule has 0 atom stereocenters. The summed E-state index contributed by atoms with van der Waals surface area (Å²) < 4.78 is 10.5.